The van der Waals surface area contributed by atoms with Crippen LogP contribution in [0.5, 0.6) is 5.75 Å². The number of ketones is 1. The second-order valence-electron chi connectivity index (χ2n) is 4.71. The third-order valence-electron chi connectivity index (χ3n) is 3.25. The molecule has 4 nitrogen and oxygen atoms in total. The number of carbonyl (C=O) groups is 2. The summed E-state index contributed by atoms with van der Waals surface area (Å²) in [5.41, 5.74) is 4.99. The Labute approximate surface area is 135 Å². The molecule has 1 aliphatic heterocycles. The van der Waals surface area contributed by atoms with E-state index in [1.165, 1.54) is 0 Å². The van der Waals surface area contributed by atoms with Crippen LogP contribution in [0.3, 0.4) is 0 Å². The SMILES string of the molecule is CC.O=CNc1ccc2c(c1)C(=O)/C(=C/C1=CCCC=C=C1)O2. The number of amides is 1. The average Bonchev–Trinajstić information content (AvgIpc) is 2.75. The Morgan fingerprint density at radius 2 is 2.09 bits per heavy atom. The van der Waals surface area contributed by atoms with Gasteiger partial charge in [-0.1, -0.05) is 19.9 Å². The van der Waals surface area contributed by atoms with Crippen LogP contribution in [0.25, 0.3) is 0 Å². The third-order valence-corrected chi connectivity index (χ3v) is 3.25. The van der Waals surface area contributed by atoms with Crippen molar-refractivity contribution in [2.75, 3.05) is 5.32 Å². The summed E-state index contributed by atoms with van der Waals surface area (Å²) in [5, 5.41) is 2.52. The first-order valence-corrected chi connectivity index (χ1v) is 7.67. The number of allylic oxidation sites excluding steroid dienone is 5. The molecule has 0 unspecified atom stereocenters. The van der Waals surface area contributed by atoms with Gasteiger partial charge >= 0.3 is 0 Å². The third kappa shape index (κ3) is 3.87. The second-order valence-corrected chi connectivity index (χ2v) is 4.71. The normalized spacial score (nSPS) is 16.7. The molecule has 0 saturated heterocycles. The van der Waals surface area contributed by atoms with E-state index in [-0.39, 0.29) is 5.78 Å². The molecule has 1 aromatic rings. The monoisotopic (exact) mass is 309 g/mol. The van der Waals surface area contributed by atoms with Crippen LogP contribution in [0, 0.1) is 0 Å². The molecule has 1 heterocycles. The van der Waals surface area contributed by atoms with Crippen LogP contribution in [0.4, 0.5) is 5.69 Å². The van der Waals surface area contributed by atoms with E-state index in [1.54, 1.807) is 24.3 Å². The minimum absolute atomic E-state index is 0.179. The van der Waals surface area contributed by atoms with Gasteiger partial charge in [-0.25, -0.2) is 0 Å². The minimum Gasteiger partial charge on any atom is -0.452 e. The predicted octanol–water partition coefficient (Wildman–Crippen LogP) is 4.17. The van der Waals surface area contributed by atoms with Crippen LogP contribution in [0.1, 0.15) is 37.0 Å². The van der Waals surface area contributed by atoms with Gasteiger partial charge in [0.05, 0.1) is 5.56 Å². The van der Waals surface area contributed by atoms with E-state index in [0.717, 1.165) is 18.4 Å². The summed E-state index contributed by atoms with van der Waals surface area (Å²) >= 11 is 0. The summed E-state index contributed by atoms with van der Waals surface area (Å²) in [6, 6.07) is 4.98. The second kappa shape index (κ2) is 7.97. The van der Waals surface area contributed by atoms with Gasteiger partial charge in [0, 0.05) is 5.69 Å². The Balaban J connectivity index is 0.000000924. The highest BCUT2D eigenvalue weighted by atomic mass is 16.5. The Morgan fingerprint density at radius 3 is 2.87 bits per heavy atom. The quantitative estimate of drug-likeness (QED) is 0.518. The summed E-state index contributed by atoms with van der Waals surface area (Å²) in [6.45, 7) is 4.00. The van der Waals surface area contributed by atoms with Gasteiger partial charge in [0.1, 0.15) is 5.75 Å². The molecule has 0 bridgehead atoms. The molecule has 3 rings (SSSR count). The largest absolute Gasteiger partial charge is 0.452 e. The van der Waals surface area contributed by atoms with E-state index >= 15 is 0 Å². The maximum Gasteiger partial charge on any atom is 0.232 e. The van der Waals surface area contributed by atoms with Crippen LogP contribution in [0.2, 0.25) is 0 Å². The standard InChI is InChI=1S/C17H13NO3.C2H6/c19-11-18-13-7-8-15-14(10-13)17(20)16(21-15)9-12-5-3-1-2-4-6-12;1-2/h1,5-11H,2,4H2,(H,18,19);1-2H3/b16-9-;. The molecule has 0 saturated carbocycles. The number of ether oxygens (including phenoxy) is 1. The molecular formula is C19H19NO3. The van der Waals surface area contributed by atoms with Crippen LogP contribution >= 0.6 is 0 Å². The van der Waals surface area contributed by atoms with Crippen molar-refractivity contribution in [1.82, 2.24) is 0 Å². The maximum atomic E-state index is 12.3. The lowest BCUT2D eigenvalue weighted by molar-refractivity contribution is -0.105. The molecule has 4 heteroatoms. The summed E-state index contributed by atoms with van der Waals surface area (Å²) in [6.07, 6.45) is 10.00. The number of benzene rings is 1. The van der Waals surface area contributed by atoms with Gasteiger partial charge in [-0.2, -0.15) is 0 Å². The minimum atomic E-state index is -0.179. The smallest absolute Gasteiger partial charge is 0.232 e. The van der Waals surface area contributed by atoms with Crippen LogP contribution < -0.4 is 10.1 Å². The van der Waals surface area contributed by atoms with Crippen molar-refractivity contribution in [2.24, 2.45) is 0 Å². The summed E-state index contributed by atoms with van der Waals surface area (Å²) in [7, 11) is 0. The number of fused-ring (bicyclic) bond motifs is 1. The molecule has 0 atom stereocenters. The van der Waals surface area contributed by atoms with Crippen molar-refractivity contribution < 1.29 is 14.3 Å². The highest BCUT2D eigenvalue weighted by Gasteiger charge is 2.27. The first-order chi connectivity index (χ1) is 11.3. The lowest BCUT2D eigenvalue weighted by Crippen LogP contribution is -1.99. The van der Waals surface area contributed by atoms with Crippen molar-refractivity contribution in [3.8, 4) is 5.75 Å². The van der Waals surface area contributed by atoms with Gasteiger partial charge in [-0.3, -0.25) is 9.59 Å². The topological polar surface area (TPSA) is 55.4 Å². The fourth-order valence-electron chi connectivity index (χ4n) is 2.23. The summed E-state index contributed by atoms with van der Waals surface area (Å²) < 4.78 is 5.59. The van der Waals surface area contributed by atoms with Crippen molar-refractivity contribution in [3.05, 3.63) is 65.1 Å². The average molecular weight is 309 g/mol. The highest BCUT2D eigenvalue weighted by molar-refractivity contribution is 6.13. The predicted molar refractivity (Wildman–Crippen MR) is 90.5 cm³/mol. The van der Waals surface area contributed by atoms with Crippen LogP contribution in [0.15, 0.2) is 59.6 Å². The highest BCUT2D eigenvalue weighted by Crippen LogP contribution is 2.33. The molecule has 1 aromatic carbocycles. The molecule has 118 valence electrons. The number of hydrogen-bond donors (Lipinski definition) is 1. The van der Waals surface area contributed by atoms with Crippen LogP contribution in [-0.2, 0) is 4.79 Å². The molecule has 0 fully saturated rings. The summed E-state index contributed by atoms with van der Waals surface area (Å²) in [5.74, 6) is 0.623. The van der Waals surface area contributed by atoms with E-state index in [1.807, 2.05) is 32.1 Å². The Bertz CT molecular complexity index is 735. The molecular weight excluding hydrogens is 290 g/mol. The van der Waals surface area contributed by atoms with E-state index < -0.39 is 0 Å². The van der Waals surface area contributed by atoms with Gasteiger partial charge in [-0.15, -0.1) is 5.73 Å². The molecule has 1 N–H and O–H groups in total. The Morgan fingerprint density at radius 1 is 1.26 bits per heavy atom. The fraction of sp³-hybridized carbons (Fsp3) is 0.211. The van der Waals surface area contributed by atoms with E-state index in [4.69, 9.17) is 4.74 Å². The molecule has 23 heavy (non-hydrogen) atoms. The van der Waals surface area contributed by atoms with E-state index in [0.29, 0.717) is 29.2 Å². The van der Waals surface area contributed by atoms with Crippen molar-refractivity contribution in [2.45, 2.75) is 26.7 Å². The summed E-state index contributed by atoms with van der Waals surface area (Å²) in [4.78, 5) is 22.8. The van der Waals surface area contributed by atoms with E-state index in [9.17, 15) is 9.59 Å². The van der Waals surface area contributed by atoms with Crippen LogP contribution in [-0.4, -0.2) is 12.2 Å². The van der Waals surface area contributed by atoms with Gasteiger partial charge in [0.25, 0.3) is 0 Å². The molecule has 0 radical (unpaired) electrons. The van der Waals surface area contributed by atoms with Gasteiger partial charge in [-0.05, 0) is 54.8 Å². The maximum absolute atomic E-state index is 12.3. The van der Waals surface area contributed by atoms with Gasteiger partial charge in [0.2, 0.25) is 12.2 Å². The lowest BCUT2D eigenvalue weighted by atomic mass is 10.1. The molecule has 0 aromatic heterocycles. The number of carbonyl (C=O) groups excluding carboxylic acids is 2. The first-order valence-electron chi connectivity index (χ1n) is 7.67. The molecule has 1 aliphatic carbocycles. The van der Waals surface area contributed by atoms with Gasteiger partial charge < -0.3 is 10.1 Å². The number of anilines is 1. The first kappa shape index (κ1) is 16.5. The van der Waals surface area contributed by atoms with Crippen molar-refractivity contribution in [1.29, 1.82) is 0 Å². The molecule has 2 aliphatic rings. The zero-order chi connectivity index (χ0) is 16.7. The fourth-order valence-corrected chi connectivity index (χ4v) is 2.23. The zero-order valence-corrected chi connectivity index (χ0v) is 13.3. The van der Waals surface area contributed by atoms with Crippen molar-refractivity contribution in [3.63, 3.8) is 0 Å². The Kier molecular flexibility index (Phi) is 5.73. The molecule has 0 spiro atoms. The number of Topliss-reactive ketones (excluding diaryl/α,β-unsaturated/α-hetero) is 1. The molecule has 1 amide bonds. The Hall–Kier alpha value is -2.84. The number of rotatable bonds is 3. The van der Waals surface area contributed by atoms with Gasteiger partial charge in [0.15, 0.2) is 5.76 Å². The van der Waals surface area contributed by atoms with Crippen molar-refractivity contribution >= 4 is 17.9 Å². The number of hydrogen-bond acceptors (Lipinski definition) is 3. The zero-order valence-electron chi connectivity index (χ0n) is 13.3. The number of nitrogens with one attached hydrogen (secondary N) is 1. The van der Waals surface area contributed by atoms with E-state index in [2.05, 4.69) is 11.0 Å². The lowest BCUT2D eigenvalue weighted by Gasteiger charge is -2.00.